The van der Waals surface area contributed by atoms with Crippen molar-refractivity contribution < 1.29 is 0 Å². The number of benzene rings is 1. The molecule has 3 nitrogen and oxygen atoms in total. The third-order valence-electron chi connectivity index (χ3n) is 6.92. The summed E-state index contributed by atoms with van der Waals surface area (Å²) < 4.78 is 0. The lowest BCUT2D eigenvalue weighted by molar-refractivity contribution is -0.0492. The second-order valence-corrected chi connectivity index (χ2v) is 9.68. The molecule has 4 bridgehead atoms. The highest BCUT2D eigenvalue weighted by Crippen LogP contribution is 2.59. The second kappa shape index (κ2) is 5.79. The number of hydrogen-bond donors (Lipinski definition) is 2. The lowest BCUT2D eigenvalue weighted by Gasteiger charge is -2.57. The molecular weight excluding hydrogens is 353 g/mol. The van der Waals surface area contributed by atoms with Crippen molar-refractivity contribution >= 4 is 34.8 Å². The summed E-state index contributed by atoms with van der Waals surface area (Å²) in [4.78, 5) is 4.77. The fourth-order valence-electron chi connectivity index (χ4n) is 6.36. The van der Waals surface area contributed by atoms with Crippen molar-refractivity contribution in [3.8, 4) is 0 Å². The van der Waals surface area contributed by atoms with Gasteiger partial charge in [-0.05, 0) is 80.8 Å². The molecule has 1 aromatic carbocycles. The zero-order valence-electron chi connectivity index (χ0n) is 14.6. The van der Waals surface area contributed by atoms with Gasteiger partial charge in [0.05, 0.1) is 21.8 Å². The van der Waals surface area contributed by atoms with Crippen molar-refractivity contribution in [3.05, 3.63) is 27.7 Å². The second-order valence-electron chi connectivity index (χ2n) is 8.89. The van der Waals surface area contributed by atoms with E-state index >= 15 is 0 Å². The standard InChI is InChI=1S/C20H25Cl2N3/c1-11-17-16(3-2-15(21)18(17)22)25-19(24-11)23-10-20-7-12-4-13(8-20)6-14(5-12)9-20/h2-3,11-14H,4-10H2,1H3,(H2,23,24,25). The van der Waals surface area contributed by atoms with Gasteiger partial charge in [0, 0.05) is 12.1 Å². The molecule has 1 aliphatic heterocycles. The number of aliphatic imine (C=N–C) groups is 1. The van der Waals surface area contributed by atoms with Crippen LogP contribution in [0, 0.1) is 23.2 Å². The van der Waals surface area contributed by atoms with Crippen LogP contribution in [0.2, 0.25) is 10.0 Å². The monoisotopic (exact) mass is 377 g/mol. The summed E-state index contributed by atoms with van der Waals surface area (Å²) in [5, 5.41) is 8.32. The van der Waals surface area contributed by atoms with E-state index in [1.807, 2.05) is 12.1 Å². The van der Waals surface area contributed by atoms with Crippen molar-refractivity contribution in [2.24, 2.45) is 28.2 Å². The molecule has 0 spiro atoms. The molecule has 134 valence electrons. The largest absolute Gasteiger partial charge is 0.356 e. The molecular formula is C20H25Cl2N3. The lowest BCUT2D eigenvalue weighted by Crippen LogP contribution is -2.53. The van der Waals surface area contributed by atoms with Crippen molar-refractivity contribution in [2.45, 2.75) is 51.5 Å². The van der Waals surface area contributed by atoms with Crippen LogP contribution in [0.25, 0.3) is 0 Å². The Morgan fingerprint density at radius 2 is 1.76 bits per heavy atom. The SMILES string of the molecule is CC1NC(NCC23CC4CC(CC(C4)C2)C3)=Nc2ccc(Cl)c(Cl)c21. The van der Waals surface area contributed by atoms with Crippen LogP contribution in [-0.2, 0) is 0 Å². The van der Waals surface area contributed by atoms with Crippen LogP contribution in [0.5, 0.6) is 0 Å². The Kier molecular flexibility index (Phi) is 3.76. The van der Waals surface area contributed by atoms with Gasteiger partial charge in [-0.2, -0.15) is 0 Å². The van der Waals surface area contributed by atoms with Gasteiger partial charge in [0.1, 0.15) is 0 Å². The van der Waals surface area contributed by atoms with Gasteiger partial charge in [-0.1, -0.05) is 23.2 Å². The van der Waals surface area contributed by atoms with E-state index in [0.717, 1.165) is 41.5 Å². The Morgan fingerprint density at radius 3 is 2.40 bits per heavy atom. The van der Waals surface area contributed by atoms with Gasteiger partial charge in [-0.25, -0.2) is 4.99 Å². The maximum Gasteiger partial charge on any atom is 0.197 e. The highest BCUT2D eigenvalue weighted by Gasteiger charge is 2.50. The van der Waals surface area contributed by atoms with Gasteiger partial charge in [0.2, 0.25) is 0 Å². The summed E-state index contributed by atoms with van der Waals surface area (Å²) in [5.74, 6) is 3.83. The van der Waals surface area contributed by atoms with Gasteiger partial charge in [0.15, 0.2) is 5.96 Å². The maximum atomic E-state index is 6.38. The zero-order chi connectivity index (χ0) is 17.2. The van der Waals surface area contributed by atoms with Gasteiger partial charge in [-0.3, -0.25) is 0 Å². The van der Waals surface area contributed by atoms with E-state index in [0.29, 0.717) is 15.5 Å². The maximum absolute atomic E-state index is 6.38. The number of rotatable bonds is 2. The molecule has 1 unspecified atom stereocenters. The van der Waals surface area contributed by atoms with Crippen LogP contribution in [0.1, 0.15) is 57.1 Å². The van der Waals surface area contributed by atoms with Gasteiger partial charge in [-0.15, -0.1) is 0 Å². The van der Waals surface area contributed by atoms with Gasteiger partial charge < -0.3 is 10.6 Å². The summed E-state index contributed by atoms with van der Waals surface area (Å²) in [7, 11) is 0. The number of halogens is 2. The Hall–Kier alpha value is -0.930. The van der Waals surface area contributed by atoms with Crippen LogP contribution >= 0.6 is 23.2 Å². The molecule has 6 rings (SSSR count). The topological polar surface area (TPSA) is 36.4 Å². The fourth-order valence-corrected chi connectivity index (χ4v) is 6.85. The Labute approximate surface area is 159 Å². The van der Waals surface area contributed by atoms with Crippen molar-refractivity contribution in [1.29, 1.82) is 0 Å². The van der Waals surface area contributed by atoms with E-state index < -0.39 is 0 Å². The number of nitrogens with zero attached hydrogens (tertiary/aromatic N) is 1. The fraction of sp³-hybridized carbons (Fsp3) is 0.650. The molecule has 1 aromatic rings. The molecule has 4 fully saturated rings. The van der Waals surface area contributed by atoms with Crippen molar-refractivity contribution in [2.75, 3.05) is 6.54 Å². The average molecular weight is 378 g/mol. The molecule has 0 radical (unpaired) electrons. The van der Waals surface area contributed by atoms with E-state index in [2.05, 4.69) is 17.6 Å². The van der Waals surface area contributed by atoms with Crippen molar-refractivity contribution in [1.82, 2.24) is 10.6 Å². The number of guanidine groups is 1. The first-order valence-corrected chi connectivity index (χ1v) is 10.3. The third-order valence-corrected chi connectivity index (χ3v) is 7.74. The third kappa shape index (κ3) is 2.75. The first-order valence-electron chi connectivity index (χ1n) is 9.58. The molecule has 2 N–H and O–H groups in total. The lowest BCUT2D eigenvalue weighted by atomic mass is 9.49. The molecule has 1 atom stereocenters. The predicted octanol–water partition coefficient (Wildman–Crippen LogP) is 5.45. The van der Waals surface area contributed by atoms with Gasteiger partial charge in [0.25, 0.3) is 0 Å². The first kappa shape index (κ1) is 16.3. The summed E-state index contributed by atoms with van der Waals surface area (Å²) in [6.45, 7) is 3.16. The van der Waals surface area contributed by atoms with E-state index in [9.17, 15) is 0 Å². The minimum absolute atomic E-state index is 0.109. The number of nitrogens with one attached hydrogen (secondary N) is 2. The molecule has 5 heteroatoms. The normalized spacial score (nSPS) is 38.1. The predicted molar refractivity (Wildman–Crippen MR) is 104 cm³/mol. The molecule has 4 aliphatic carbocycles. The van der Waals surface area contributed by atoms with Crippen LogP contribution in [-0.4, -0.2) is 12.5 Å². The Morgan fingerprint density at radius 1 is 1.12 bits per heavy atom. The molecule has 1 heterocycles. The molecule has 0 saturated heterocycles. The highest BCUT2D eigenvalue weighted by atomic mass is 35.5. The quantitative estimate of drug-likeness (QED) is 0.718. The van der Waals surface area contributed by atoms with Crippen LogP contribution in [0.4, 0.5) is 5.69 Å². The summed E-state index contributed by atoms with van der Waals surface area (Å²) in [5.41, 5.74) is 2.42. The number of fused-ring (bicyclic) bond motifs is 1. The summed E-state index contributed by atoms with van der Waals surface area (Å²) >= 11 is 12.5. The van der Waals surface area contributed by atoms with Gasteiger partial charge >= 0.3 is 0 Å². The smallest absolute Gasteiger partial charge is 0.197 e. The van der Waals surface area contributed by atoms with Crippen LogP contribution in [0.15, 0.2) is 17.1 Å². The molecule has 0 amide bonds. The average Bonchev–Trinajstić information content (AvgIpc) is 2.55. The van der Waals surface area contributed by atoms with Crippen LogP contribution < -0.4 is 10.6 Å². The molecule has 25 heavy (non-hydrogen) atoms. The van der Waals surface area contributed by atoms with E-state index in [-0.39, 0.29) is 6.04 Å². The van der Waals surface area contributed by atoms with E-state index in [1.54, 1.807) is 0 Å². The Balaban J connectivity index is 1.35. The number of hydrogen-bond acceptors (Lipinski definition) is 3. The molecule has 0 aromatic heterocycles. The van der Waals surface area contributed by atoms with E-state index in [1.165, 1.54) is 38.5 Å². The van der Waals surface area contributed by atoms with E-state index in [4.69, 9.17) is 28.2 Å². The summed E-state index contributed by atoms with van der Waals surface area (Å²) in [6.07, 6.45) is 8.69. The molecule has 4 saturated carbocycles. The first-order chi connectivity index (χ1) is 12.0. The Bertz CT molecular complexity index is 707. The summed E-state index contributed by atoms with van der Waals surface area (Å²) in [6, 6.07) is 3.91. The van der Waals surface area contributed by atoms with Crippen molar-refractivity contribution in [3.63, 3.8) is 0 Å². The highest BCUT2D eigenvalue weighted by molar-refractivity contribution is 6.42. The zero-order valence-corrected chi connectivity index (χ0v) is 16.1. The minimum Gasteiger partial charge on any atom is -0.356 e. The van der Waals surface area contributed by atoms with Crippen LogP contribution in [0.3, 0.4) is 0 Å². The minimum atomic E-state index is 0.109. The molecule has 5 aliphatic rings.